The third-order valence-electron chi connectivity index (χ3n) is 2.92. The molecule has 0 aliphatic rings. The van der Waals surface area contributed by atoms with Crippen LogP contribution in [0, 0.1) is 0 Å². The highest BCUT2D eigenvalue weighted by Crippen LogP contribution is 2.16. The molecule has 0 fully saturated rings. The van der Waals surface area contributed by atoms with Crippen LogP contribution in [0.1, 0.15) is 5.56 Å². The van der Waals surface area contributed by atoms with Crippen molar-refractivity contribution in [3.05, 3.63) is 72.3 Å². The van der Waals surface area contributed by atoms with E-state index in [4.69, 9.17) is 5.21 Å². The fraction of sp³-hybridized carbons (Fsp3) is 0.0625. The molecule has 0 aliphatic heterocycles. The van der Waals surface area contributed by atoms with Crippen LogP contribution in [0.25, 0.3) is 6.08 Å². The van der Waals surface area contributed by atoms with Crippen LogP contribution in [0.15, 0.2) is 76.8 Å². The zero-order valence-corrected chi connectivity index (χ0v) is 12.0. The second-order valence-electron chi connectivity index (χ2n) is 4.36. The molecule has 1 N–H and O–H groups in total. The van der Waals surface area contributed by atoms with Gasteiger partial charge in [0.2, 0.25) is 0 Å². The molecule has 0 saturated heterocycles. The number of hydrogen-bond donors (Lipinski definition) is 1. The summed E-state index contributed by atoms with van der Waals surface area (Å²) < 4.78 is 25.0. The minimum Gasteiger partial charge on any atom is -0.411 e. The van der Waals surface area contributed by atoms with Crippen LogP contribution < -0.4 is 0 Å². The Bertz CT molecular complexity index is 723. The zero-order valence-electron chi connectivity index (χ0n) is 11.2. The lowest BCUT2D eigenvalue weighted by molar-refractivity contribution is 0.321. The first-order valence-corrected chi connectivity index (χ1v) is 7.89. The summed E-state index contributed by atoms with van der Waals surface area (Å²) in [5.74, 6) is 0. The maximum Gasteiger partial charge on any atom is 0.190 e. The summed E-state index contributed by atoms with van der Waals surface area (Å²) in [6, 6.07) is 17.4. The van der Waals surface area contributed by atoms with Crippen molar-refractivity contribution in [2.45, 2.75) is 10.1 Å². The van der Waals surface area contributed by atoms with Crippen LogP contribution in [-0.4, -0.2) is 25.1 Å². The molecule has 0 aromatic heterocycles. The first kappa shape index (κ1) is 15.0. The van der Waals surface area contributed by atoms with E-state index >= 15 is 0 Å². The minimum absolute atomic E-state index is 0.188. The molecule has 2 rings (SSSR count). The van der Waals surface area contributed by atoms with Gasteiger partial charge >= 0.3 is 0 Å². The normalized spacial score (nSPS) is 13.7. The lowest BCUT2D eigenvalue weighted by atomic mass is 10.2. The first-order chi connectivity index (χ1) is 10.1. The minimum atomic E-state index is -3.63. The smallest absolute Gasteiger partial charge is 0.190 e. The summed E-state index contributed by atoms with van der Waals surface area (Å²) in [6.45, 7) is 0. The quantitative estimate of drug-likeness (QED) is 0.524. The fourth-order valence-corrected chi connectivity index (χ4v) is 3.19. The lowest BCUT2D eigenvalue weighted by Crippen LogP contribution is -2.20. The van der Waals surface area contributed by atoms with Crippen molar-refractivity contribution in [3.63, 3.8) is 0 Å². The van der Waals surface area contributed by atoms with Crippen molar-refractivity contribution in [2.24, 2.45) is 5.16 Å². The van der Waals surface area contributed by atoms with Gasteiger partial charge in [0, 0.05) is 0 Å². The van der Waals surface area contributed by atoms with Gasteiger partial charge in [-0.15, -0.1) is 5.16 Å². The first-order valence-electron chi connectivity index (χ1n) is 6.34. The van der Waals surface area contributed by atoms with Gasteiger partial charge in [-0.2, -0.15) is 0 Å². The second-order valence-corrected chi connectivity index (χ2v) is 6.46. The standard InChI is InChI=1S/C16H15NO3S/c18-17-13-16(12-11-14-7-3-1-4-8-14)21(19,20)15-9-5-2-6-10-15/h1-13,16,18H/b12-11+,17-13+/t16-/m0/s1. The van der Waals surface area contributed by atoms with Crippen molar-refractivity contribution in [1.29, 1.82) is 0 Å². The summed E-state index contributed by atoms with van der Waals surface area (Å²) in [5, 5.41) is 10.6. The van der Waals surface area contributed by atoms with Gasteiger partial charge in [0.1, 0.15) is 5.25 Å². The van der Waals surface area contributed by atoms with E-state index in [9.17, 15) is 8.42 Å². The second kappa shape index (κ2) is 6.85. The summed E-state index contributed by atoms with van der Waals surface area (Å²) in [5.41, 5.74) is 0.872. The number of oxime groups is 1. The fourth-order valence-electron chi connectivity index (χ4n) is 1.84. The average molecular weight is 301 g/mol. The van der Waals surface area contributed by atoms with E-state index < -0.39 is 15.1 Å². The molecule has 4 nitrogen and oxygen atoms in total. The van der Waals surface area contributed by atoms with Crippen LogP contribution in [0.5, 0.6) is 0 Å². The van der Waals surface area contributed by atoms with E-state index in [1.807, 2.05) is 30.3 Å². The highest BCUT2D eigenvalue weighted by molar-refractivity contribution is 7.93. The SMILES string of the molecule is O=S(=O)(c1ccccc1)[C@@H](/C=C/c1ccccc1)/C=N/O. The number of hydrogen-bond acceptors (Lipinski definition) is 4. The summed E-state index contributed by atoms with van der Waals surface area (Å²) in [6.07, 6.45) is 4.19. The van der Waals surface area contributed by atoms with Crippen molar-refractivity contribution < 1.29 is 13.6 Å². The largest absolute Gasteiger partial charge is 0.411 e. The average Bonchev–Trinajstić information content (AvgIpc) is 2.53. The number of sulfone groups is 1. The van der Waals surface area contributed by atoms with Crippen molar-refractivity contribution >= 4 is 22.1 Å². The van der Waals surface area contributed by atoms with E-state index in [2.05, 4.69) is 5.16 Å². The van der Waals surface area contributed by atoms with Gasteiger partial charge in [-0.1, -0.05) is 60.7 Å². The lowest BCUT2D eigenvalue weighted by Gasteiger charge is -2.09. The molecule has 0 radical (unpaired) electrons. The van der Waals surface area contributed by atoms with Crippen molar-refractivity contribution in [1.82, 2.24) is 0 Å². The van der Waals surface area contributed by atoms with Crippen LogP contribution in [0.3, 0.4) is 0 Å². The number of nitrogens with zero attached hydrogens (tertiary/aromatic N) is 1. The molecule has 0 aliphatic carbocycles. The van der Waals surface area contributed by atoms with Gasteiger partial charge < -0.3 is 5.21 Å². The molecule has 0 unspecified atom stereocenters. The molecule has 0 amide bonds. The maximum absolute atomic E-state index is 12.5. The van der Waals surface area contributed by atoms with E-state index in [0.29, 0.717) is 0 Å². The molecule has 1 atom stereocenters. The van der Waals surface area contributed by atoms with Crippen LogP contribution in [0.4, 0.5) is 0 Å². The molecule has 108 valence electrons. The van der Waals surface area contributed by atoms with E-state index in [0.717, 1.165) is 11.8 Å². The Morgan fingerprint density at radius 2 is 1.52 bits per heavy atom. The summed E-state index contributed by atoms with van der Waals surface area (Å²) in [7, 11) is -3.63. The van der Waals surface area contributed by atoms with Crippen molar-refractivity contribution in [3.8, 4) is 0 Å². The third kappa shape index (κ3) is 3.79. The van der Waals surface area contributed by atoms with Gasteiger partial charge in [0.25, 0.3) is 0 Å². The highest BCUT2D eigenvalue weighted by atomic mass is 32.2. The number of rotatable bonds is 5. The molecule has 2 aromatic carbocycles. The Kier molecular flexibility index (Phi) is 4.90. The Labute approximate surface area is 124 Å². The van der Waals surface area contributed by atoms with E-state index in [1.54, 1.807) is 24.3 Å². The monoisotopic (exact) mass is 301 g/mol. The van der Waals surface area contributed by atoms with Crippen LogP contribution in [0.2, 0.25) is 0 Å². The molecular weight excluding hydrogens is 286 g/mol. The Morgan fingerprint density at radius 1 is 0.952 bits per heavy atom. The zero-order chi connectivity index (χ0) is 15.1. The maximum atomic E-state index is 12.5. The van der Waals surface area contributed by atoms with Crippen LogP contribution >= 0.6 is 0 Å². The molecule has 2 aromatic rings. The molecule has 0 spiro atoms. The van der Waals surface area contributed by atoms with Crippen LogP contribution in [-0.2, 0) is 9.84 Å². The Morgan fingerprint density at radius 3 is 2.10 bits per heavy atom. The third-order valence-corrected chi connectivity index (χ3v) is 4.85. The molecule has 0 heterocycles. The topological polar surface area (TPSA) is 66.7 Å². The summed E-state index contributed by atoms with van der Waals surface area (Å²) >= 11 is 0. The summed E-state index contributed by atoms with van der Waals surface area (Å²) in [4.78, 5) is 0.188. The molecule has 0 bridgehead atoms. The molecule has 0 saturated carbocycles. The molecule has 5 heteroatoms. The van der Waals surface area contributed by atoms with Gasteiger partial charge in [-0.05, 0) is 17.7 Å². The Hall–Kier alpha value is -2.40. The molecule has 21 heavy (non-hydrogen) atoms. The predicted molar refractivity (Wildman–Crippen MR) is 83.2 cm³/mol. The Balaban J connectivity index is 2.34. The van der Waals surface area contributed by atoms with E-state index in [-0.39, 0.29) is 4.90 Å². The van der Waals surface area contributed by atoms with Gasteiger partial charge in [-0.25, -0.2) is 8.42 Å². The van der Waals surface area contributed by atoms with E-state index in [1.165, 1.54) is 18.2 Å². The van der Waals surface area contributed by atoms with Crippen molar-refractivity contribution in [2.75, 3.05) is 0 Å². The van der Waals surface area contributed by atoms with Gasteiger partial charge in [-0.3, -0.25) is 0 Å². The molecular formula is C16H15NO3S. The highest BCUT2D eigenvalue weighted by Gasteiger charge is 2.23. The predicted octanol–water partition coefficient (Wildman–Crippen LogP) is 3.00. The van der Waals surface area contributed by atoms with Gasteiger partial charge in [0.15, 0.2) is 9.84 Å². The number of benzene rings is 2. The van der Waals surface area contributed by atoms with Gasteiger partial charge in [0.05, 0.1) is 11.1 Å².